The Labute approximate surface area is 119 Å². The largest absolute Gasteiger partial charge is 0.453 e. The number of hydrogen-bond acceptors (Lipinski definition) is 2. The van der Waals surface area contributed by atoms with Crippen molar-refractivity contribution < 1.29 is 9.53 Å². The Kier molecular flexibility index (Phi) is 3.22. The van der Waals surface area contributed by atoms with Crippen LogP contribution in [0, 0.1) is 0 Å². The van der Waals surface area contributed by atoms with E-state index in [1.807, 2.05) is 6.07 Å². The van der Waals surface area contributed by atoms with Crippen molar-refractivity contribution >= 4 is 32.9 Å². The molecule has 1 aliphatic carbocycles. The minimum atomic E-state index is -0.377. The molecule has 2 aromatic rings. The number of ether oxygens (including phenoxy) is 1. The fourth-order valence-electron chi connectivity index (χ4n) is 2.78. The number of methoxy groups -OCH3 is 1. The molecule has 2 N–H and O–H groups in total. The number of aromatic nitrogens is 1. The summed E-state index contributed by atoms with van der Waals surface area (Å²) in [5, 5.41) is 4.13. The fourth-order valence-corrected chi connectivity index (χ4v) is 3.14. The van der Waals surface area contributed by atoms with E-state index in [9.17, 15) is 4.79 Å². The lowest BCUT2D eigenvalue weighted by molar-refractivity contribution is 0.165. The molecule has 0 saturated carbocycles. The van der Waals surface area contributed by atoms with Crippen LogP contribution >= 0.6 is 15.9 Å². The summed E-state index contributed by atoms with van der Waals surface area (Å²) >= 11 is 3.51. The molecule has 1 aromatic carbocycles. The van der Waals surface area contributed by atoms with E-state index in [0.717, 1.165) is 34.9 Å². The quantitative estimate of drug-likeness (QED) is 0.841. The Bertz CT molecular complexity index is 636. The number of halogens is 1. The number of carbonyl (C=O) groups excluding carboxylic acids is 1. The molecule has 1 heterocycles. The number of aryl methyl sites for hydroxylation is 1. The first kappa shape index (κ1) is 12.5. The highest BCUT2D eigenvalue weighted by atomic mass is 79.9. The molecule has 0 aliphatic heterocycles. The van der Waals surface area contributed by atoms with Crippen LogP contribution in [0.1, 0.15) is 30.1 Å². The van der Waals surface area contributed by atoms with Crippen LogP contribution in [-0.4, -0.2) is 18.2 Å². The summed E-state index contributed by atoms with van der Waals surface area (Å²) < 4.78 is 5.76. The molecule has 0 spiro atoms. The minimum absolute atomic E-state index is 0.0161. The number of benzene rings is 1. The Morgan fingerprint density at radius 1 is 1.53 bits per heavy atom. The average Bonchev–Trinajstić information content (AvgIpc) is 2.78. The van der Waals surface area contributed by atoms with Gasteiger partial charge in [0.2, 0.25) is 0 Å². The zero-order valence-electron chi connectivity index (χ0n) is 10.6. The molecule has 5 heteroatoms. The van der Waals surface area contributed by atoms with Gasteiger partial charge >= 0.3 is 6.09 Å². The zero-order chi connectivity index (χ0) is 13.4. The van der Waals surface area contributed by atoms with Gasteiger partial charge in [-0.2, -0.15) is 0 Å². The first-order valence-electron chi connectivity index (χ1n) is 6.33. The minimum Gasteiger partial charge on any atom is -0.453 e. The van der Waals surface area contributed by atoms with E-state index >= 15 is 0 Å². The summed E-state index contributed by atoms with van der Waals surface area (Å²) in [5.74, 6) is 0. The summed E-state index contributed by atoms with van der Waals surface area (Å²) in [5.41, 5.74) is 3.54. The molecule has 1 aliphatic rings. The topological polar surface area (TPSA) is 54.1 Å². The van der Waals surface area contributed by atoms with Crippen molar-refractivity contribution in [1.29, 1.82) is 0 Å². The molecule has 1 amide bonds. The van der Waals surface area contributed by atoms with Crippen LogP contribution < -0.4 is 5.32 Å². The number of aromatic amines is 1. The fraction of sp³-hybridized carbons (Fsp3) is 0.357. The van der Waals surface area contributed by atoms with E-state index in [1.165, 1.54) is 18.1 Å². The van der Waals surface area contributed by atoms with E-state index < -0.39 is 0 Å². The summed E-state index contributed by atoms with van der Waals surface area (Å²) in [7, 11) is 1.39. The van der Waals surface area contributed by atoms with Gasteiger partial charge in [-0.05, 0) is 43.0 Å². The molecular formula is C14H15BrN2O2. The van der Waals surface area contributed by atoms with Crippen LogP contribution in [0.3, 0.4) is 0 Å². The Morgan fingerprint density at radius 2 is 2.37 bits per heavy atom. The zero-order valence-corrected chi connectivity index (χ0v) is 12.2. The molecular weight excluding hydrogens is 308 g/mol. The van der Waals surface area contributed by atoms with Crippen LogP contribution in [0.2, 0.25) is 0 Å². The average molecular weight is 323 g/mol. The molecule has 0 bridgehead atoms. The van der Waals surface area contributed by atoms with Crippen molar-refractivity contribution in [1.82, 2.24) is 10.3 Å². The lowest BCUT2D eigenvalue weighted by atomic mass is 9.92. The van der Waals surface area contributed by atoms with Crippen LogP contribution in [-0.2, 0) is 11.2 Å². The monoisotopic (exact) mass is 322 g/mol. The molecule has 3 rings (SSSR count). The first-order chi connectivity index (χ1) is 9.19. The van der Waals surface area contributed by atoms with E-state index in [4.69, 9.17) is 0 Å². The number of H-pyrrole nitrogens is 1. The molecule has 0 radical (unpaired) electrons. The number of nitrogens with one attached hydrogen (secondary N) is 2. The Balaban J connectivity index is 2.04. The van der Waals surface area contributed by atoms with Gasteiger partial charge in [0.05, 0.1) is 13.2 Å². The Hall–Kier alpha value is -1.49. The second-order valence-corrected chi connectivity index (χ2v) is 5.70. The van der Waals surface area contributed by atoms with Crippen molar-refractivity contribution in [3.8, 4) is 0 Å². The molecule has 0 saturated heterocycles. The van der Waals surface area contributed by atoms with Crippen molar-refractivity contribution in [3.63, 3.8) is 0 Å². The summed E-state index contributed by atoms with van der Waals surface area (Å²) in [6.45, 7) is 0. The van der Waals surface area contributed by atoms with Gasteiger partial charge in [0, 0.05) is 21.1 Å². The maximum atomic E-state index is 11.4. The van der Waals surface area contributed by atoms with Crippen LogP contribution in [0.5, 0.6) is 0 Å². The molecule has 4 nitrogen and oxygen atoms in total. The van der Waals surface area contributed by atoms with Gasteiger partial charge in [0.25, 0.3) is 0 Å². The molecule has 1 aromatic heterocycles. The van der Waals surface area contributed by atoms with Gasteiger partial charge in [0.15, 0.2) is 0 Å². The van der Waals surface area contributed by atoms with Gasteiger partial charge < -0.3 is 15.0 Å². The number of rotatable bonds is 1. The van der Waals surface area contributed by atoms with Gasteiger partial charge in [-0.3, -0.25) is 0 Å². The van der Waals surface area contributed by atoms with Gasteiger partial charge in [-0.15, -0.1) is 0 Å². The molecule has 0 fully saturated rings. The van der Waals surface area contributed by atoms with Gasteiger partial charge in [0.1, 0.15) is 0 Å². The summed E-state index contributed by atoms with van der Waals surface area (Å²) in [6.07, 6.45) is 2.68. The maximum Gasteiger partial charge on any atom is 0.407 e. The highest BCUT2D eigenvalue weighted by molar-refractivity contribution is 9.10. The van der Waals surface area contributed by atoms with Crippen molar-refractivity contribution in [2.24, 2.45) is 0 Å². The van der Waals surface area contributed by atoms with Crippen LogP contribution in [0.25, 0.3) is 10.9 Å². The Morgan fingerprint density at radius 3 is 3.16 bits per heavy atom. The summed E-state index contributed by atoms with van der Waals surface area (Å²) in [4.78, 5) is 14.8. The standard InChI is InChI=1S/C14H15BrN2O2/c1-19-14(18)17-12-4-2-3-9-10-7-8(15)5-6-11(10)16-13(9)12/h5-7,12,16H,2-4H2,1H3,(H,17,18). The third-order valence-corrected chi connectivity index (χ3v) is 4.14. The number of amides is 1. The second kappa shape index (κ2) is 4.89. The highest BCUT2D eigenvalue weighted by Gasteiger charge is 2.25. The highest BCUT2D eigenvalue weighted by Crippen LogP contribution is 2.35. The number of hydrogen-bond donors (Lipinski definition) is 2. The maximum absolute atomic E-state index is 11.4. The third-order valence-electron chi connectivity index (χ3n) is 3.65. The number of carbonyl (C=O) groups is 1. The lowest BCUT2D eigenvalue weighted by Gasteiger charge is -2.23. The van der Waals surface area contributed by atoms with E-state index in [2.05, 4.69) is 43.1 Å². The predicted octanol–water partition coefficient (Wildman–Crippen LogP) is 3.66. The number of alkyl carbamates (subject to hydrolysis) is 1. The van der Waals surface area contributed by atoms with Crippen molar-refractivity contribution in [2.45, 2.75) is 25.3 Å². The van der Waals surface area contributed by atoms with Crippen molar-refractivity contribution in [3.05, 3.63) is 33.9 Å². The van der Waals surface area contributed by atoms with Crippen molar-refractivity contribution in [2.75, 3.05) is 7.11 Å². The first-order valence-corrected chi connectivity index (χ1v) is 7.13. The van der Waals surface area contributed by atoms with E-state index in [-0.39, 0.29) is 12.1 Å². The SMILES string of the molecule is COC(=O)NC1CCCc2c1[nH]c1ccc(Br)cc21. The van der Waals surface area contributed by atoms with E-state index in [1.54, 1.807) is 0 Å². The molecule has 19 heavy (non-hydrogen) atoms. The van der Waals surface area contributed by atoms with Crippen LogP contribution in [0.15, 0.2) is 22.7 Å². The molecule has 1 unspecified atom stereocenters. The molecule has 1 atom stereocenters. The summed E-state index contributed by atoms with van der Waals surface area (Å²) in [6, 6.07) is 6.23. The predicted molar refractivity (Wildman–Crippen MR) is 77.2 cm³/mol. The second-order valence-electron chi connectivity index (χ2n) is 4.79. The number of fused-ring (bicyclic) bond motifs is 3. The van der Waals surface area contributed by atoms with Gasteiger partial charge in [-0.25, -0.2) is 4.79 Å². The van der Waals surface area contributed by atoms with E-state index in [0.29, 0.717) is 0 Å². The molecule has 100 valence electrons. The van der Waals surface area contributed by atoms with Gasteiger partial charge in [-0.1, -0.05) is 15.9 Å². The van der Waals surface area contributed by atoms with Crippen LogP contribution in [0.4, 0.5) is 4.79 Å². The third kappa shape index (κ3) is 2.23. The lowest BCUT2D eigenvalue weighted by Crippen LogP contribution is -2.30. The smallest absolute Gasteiger partial charge is 0.407 e. The normalized spacial score (nSPS) is 18.1.